The SMILES string of the molecule is CN[C@H](C(=O)N[C@H](C(=O)N(C)[C@H](/C=C(\C)C(=O)N[C@H](CCC(=O)N[C@@H](CCNC(=O)CCCCCN1C(=O)C=CC1=O)C(=O)O)C(=O)O)C(C)C)C(C)(C)C)C(C)(C)c1cn(C)c2ccccc12. The van der Waals surface area contributed by atoms with Gasteiger partial charge in [0.15, 0.2) is 0 Å². The number of aryl methyl sites for hydroxylation is 1. The molecule has 374 valence electrons. The molecular weight excluding hydrogens is 877 g/mol. The fourth-order valence-corrected chi connectivity index (χ4v) is 8.30. The molecule has 2 heterocycles. The molecule has 0 aliphatic carbocycles. The number of aliphatic carboxylic acids is 2. The van der Waals surface area contributed by atoms with Gasteiger partial charge in [0.2, 0.25) is 29.5 Å². The molecule has 2 aromatic rings. The van der Waals surface area contributed by atoms with Gasteiger partial charge in [-0.3, -0.25) is 38.5 Å². The van der Waals surface area contributed by atoms with Crippen molar-refractivity contribution in [2.45, 2.75) is 136 Å². The lowest BCUT2D eigenvalue weighted by molar-refractivity contribution is -0.143. The van der Waals surface area contributed by atoms with Gasteiger partial charge in [-0.15, -0.1) is 0 Å². The predicted molar refractivity (Wildman–Crippen MR) is 256 cm³/mol. The van der Waals surface area contributed by atoms with Crippen LogP contribution < -0.4 is 26.6 Å². The van der Waals surface area contributed by atoms with Crippen molar-refractivity contribution in [3.8, 4) is 0 Å². The first-order chi connectivity index (χ1) is 31.7. The molecule has 1 aromatic heterocycles. The third-order valence-electron chi connectivity index (χ3n) is 12.4. The Morgan fingerprint density at radius 3 is 1.97 bits per heavy atom. The molecule has 1 aliphatic rings. The first-order valence-corrected chi connectivity index (χ1v) is 23.1. The van der Waals surface area contributed by atoms with Gasteiger partial charge < -0.3 is 46.3 Å². The van der Waals surface area contributed by atoms with Crippen LogP contribution in [0.4, 0.5) is 0 Å². The smallest absolute Gasteiger partial charge is 0.326 e. The second-order valence-corrected chi connectivity index (χ2v) is 19.4. The largest absolute Gasteiger partial charge is 0.480 e. The monoisotopic (exact) mass is 949 g/mol. The van der Waals surface area contributed by atoms with E-state index in [1.54, 1.807) is 20.2 Å². The molecule has 0 unspecified atom stereocenters. The summed E-state index contributed by atoms with van der Waals surface area (Å²) in [5.41, 5.74) is 0.623. The molecule has 1 aliphatic heterocycles. The van der Waals surface area contributed by atoms with E-state index in [0.717, 1.165) is 21.4 Å². The first-order valence-electron chi connectivity index (χ1n) is 23.1. The molecule has 0 spiro atoms. The molecule has 19 heteroatoms. The van der Waals surface area contributed by atoms with Gasteiger partial charge in [-0.25, -0.2) is 9.59 Å². The number of likely N-dealkylation sites (N-methyl/N-ethyl adjacent to an activating group) is 2. The van der Waals surface area contributed by atoms with Gasteiger partial charge in [0.25, 0.3) is 11.8 Å². The molecular formula is C49H72N8O11. The summed E-state index contributed by atoms with van der Waals surface area (Å²) in [6.07, 6.45) is 6.72. The number of carboxylic acids is 2. The number of carboxylic acid groups (broad SMARTS) is 2. The van der Waals surface area contributed by atoms with Crippen LogP contribution in [0.15, 0.2) is 54.3 Å². The molecule has 1 aromatic carbocycles. The summed E-state index contributed by atoms with van der Waals surface area (Å²) in [7, 11) is 5.24. The quantitative estimate of drug-likeness (QED) is 0.0408. The van der Waals surface area contributed by atoms with Crippen molar-refractivity contribution in [2.24, 2.45) is 18.4 Å². The third kappa shape index (κ3) is 15.1. The Hall–Kier alpha value is -6.37. The van der Waals surface area contributed by atoms with Crippen LogP contribution in [0.1, 0.15) is 106 Å². The van der Waals surface area contributed by atoms with Gasteiger partial charge in [0, 0.05) is 80.3 Å². The lowest BCUT2D eigenvalue weighted by atomic mass is 9.76. The van der Waals surface area contributed by atoms with Crippen LogP contribution in [0.2, 0.25) is 0 Å². The van der Waals surface area contributed by atoms with E-state index in [4.69, 9.17) is 0 Å². The van der Waals surface area contributed by atoms with E-state index in [-0.39, 0.29) is 67.5 Å². The normalized spacial score (nSPS) is 15.4. The molecule has 5 atom stereocenters. The van der Waals surface area contributed by atoms with E-state index in [1.807, 2.05) is 90.5 Å². The van der Waals surface area contributed by atoms with Crippen LogP contribution in [0.3, 0.4) is 0 Å². The van der Waals surface area contributed by atoms with Crippen LogP contribution in [0.5, 0.6) is 0 Å². The summed E-state index contributed by atoms with van der Waals surface area (Å²) in [5.74, 6) is -6.41. The Morgan fingerprint density at radius 2 is 1.40 bits per heavy atom. The fourth-order valence-electron chi connectivity index (χ4n) is 8.30. The van der Waals surface area contributed by atoms with E-state index in [2.05, 4.69) is 26.6 Å². The molecule has 0 saturated carbocycles. The average molecular weight is 949 g/mol. The standard InChI is InChI=1S/C49H72N8O11/c1-29(2)36(56(11)45(64)42(48(4,5)6)54-44(63)41(50-9)49(7,8)32-28-55(10)35-18-15-14-17-31(32)35)27-30(3)43(62)53-33(46(65)66)20-21-38(59)52-34(47(67)68)24-25-51-37(58)19-13-12-16-26-57-39(60)22-23-40(57)61/h14-15,17-18,22-23,27-29,33-34,36,41-42,50H,12-13,16,19-21,24-26H2,1-11H3,(H,51,58)(H,52,59)(H,53,62)(H,54,63)(H,65,66)(H,67,68)/b30-27+/t33-,34+,36-,41-,42-/m1/s1. The molecule has 19 nitrogen and oxygen atoms in total. The van der Waals surface area contributed by atoms with Gasteiger partial charge in [-0.2, -0.15) is 0 Å². The Labute approximate surface area is 398 Å². The summed E-state index contributed by atoms with van der Waals surface area (Å²) < 4.78 is 2.02. The molecule has 68 heavy (non-hydrogen) atoms. The van der Waals surface area contributed by atoms with Crippen molar-refractivity contribution in [2.75, 3.05) is 27.2 Å². The van der Waals surface area contributed by atoms with Gasteiger partial charge in [-0.1, -0.05) is 79.2 Å². The van der Waals surface area contributed by atoms with Crippen molar-refractivity contribution in [1.29, 1.82) is 0 Å². The zero-order valence-electron chi connectivity index (χ0n) is 41.4. The highest BCUT2D eigenvalue weighted by Gasteiger charge is 2.42. The van der Waals surface area contributed by atoms with E-state index in [1.165, 1.54) is 24.0 Å². The molecule has 0 saturated heterocycles. The molecule has 0 fully saturated rings. The summed E-state index contributed by atoms with van der Waals surface area (Å²) in [5, 5.41) is 34.2. The van der Waals surface area contributed by atoms with Gasteiger partial charge in [-0.05, 0) is 62.6 Å². The maximum atomic E-state index is 14.4. The van der Waals surface area contributed by atoms with Crippen LogP contribution in [-0.4, -0.2) is 135 Å². The topological polar surface area (TPSA) is 266 Å². The van der Waals surface area contributed by atoms with Gasteiger partial charge >= 0.3 is 11.9 Å². The highest BCUT2D eigenvalue weighted by molar-refractivity contribution is 6.12. The minimum atomic E-state index is -1.53. The Morgan fingerprint density at radius 1 is 0.794 bits per heavy atom. The molecule has 0 bridgehead atoms. The van der Waals surface area contributed by atoms with Crippen molar-refractivity contribution in [3.05, 3.63) is 59.8 Å². The number of imide groups is 1. The number of amides is 7. The molecule has 3 rings (SSSR count). The Kier molecular flexibility index (Phi) is 20.2. The number of benzene rings is 1. The lowest BCUT2D eigenvalue weighted by Gasteiger charge is -2.39. The number of nitrogens with one attached hydrogen (secondary N) is 5. The molecule has 0 radical (unpaired) electrons. The summed E-state index contributed by atoms with van der Waals surface area (Å²) in [4.78, 5) is 117. The van der Waals surface area contributed by atoms with E-state index < -0.39 is 77.1 Å². The second-order valence-electron chi connectivity index (χ2n) is 19.4. The number of rotatable bonds is 26. The van der Waals surface area contributed by atoms with Gasteiger partial charge in [0.05, 0.1) is 12.1 Å². The average Bonchev–Trinajstić information content (AvgIpc) is 3.78. The number of hydrogen-bond donors (Lipinski definition) is 7. The number of unbranched alkanes of at least 4 members (excludes halogenated alkanes) is 2. The van der Waals surface area contributed by atoms with E-state index in [9.17, 15) is 53.4 Å². The maximum Gasteiger partial charge on any atom is 0.326 e. The third-order valence-corrected chi connectivity index (χ3v) is 12.4. The van der Waals surface area contributed by atoms with Crippen molar-refractivity contribution in [3.63, 3.8) is 0 Å². The van der Waals surface area contributed by atoms with Crippen molar-refractivity contribution < 1.29 is 53.4 Å². The maximum absolute atomic E-state index is 14.4. The van der Waals surface area contributed by atoms with E-state index in [0.29, 0.717) is 19.3 Å². The number of carbonyl (C=O) groups excluding carboxylic acids is 7. The summed E-state index contributed by atoms with van der Waals surface area (Å²) in [6.45, 7) is 14.9. The van der Waals surface area contributed by atoms with Crippen molar-refractivity contribution in [1.82, 2.24) is 41.0 Å². The van der Waals surface area contributed by atoms with Crippen molar-refractivity contribution >= 4 is 64.2 Å². The second kappa shape index (κ2) is 24.6. The Bertz CT molecular complexity index is 2240. The molecule has 7 N–H and O–H groups in total. The minimum absolute atomic E-state index is 0.0661. The number of hydrogen-bond acceptors (Lipinski definition) is 10. The summed E-state index contributed by atoms with van der Waals surface area (Å²) >= 11 is 0. The van der Waals surface area contributed by atoms with Crippen LogP contribution in [0, 0.1) is 11.3 Å². The number of aromatic nitrogens is 1. The number of carbonyl (C=O) groups is 9. The zero-order valence-corrected chi connectivity index (χ0v) is 41.4. The number of para-hydroxylation sites is 1. The van der Waals surface area contributed by atoms with E-state index >= 15 is 0 Å². The minimum Gasteiger partial charge on any atom is -0.480 e. The van der Waals surface area contributed by atoms with Crippen LogP contribution in [0.25, 0.3) is 10.9 Å². The van der Waals surface area contributed by atoms with Crippen LogP contribution in [-0.2, 0) is 55.6 Å². The molecule has 7 amide bonds. The summed E-state index contributed by atoms with van der Waals surface area (Å²) in [6, 6.07) is 2.63. The Balaban J connectivity index is 1.59. The zero-order chi connectivity index (χ0) is 51.3. The fraction of sp³-hybridized carbons (Fsp3) is 0.571. The first kappa shape index (κ1) is 56.0. The van der Waals surface area contributed by atoms with Crippen LogP contribution >= 0.6 is 0 Å². The predicted octanol–water partition coefficient (Wildman–Crippen LogP) is 2.91. The van der Waals surface area contributed by atoms with Gasteiger partial charge in [0.1, 0.15) is 18.1 Å². The number of nitrogens with zero attached hydrogens (tertiary/aromatic N) is 3. The highest BCUT2D eigenvalue weighted by atomic mass is 16.4. The number of fused-ring (bicyclic) bond motifs is 1. The lowest BCUT2D eigenvalue weighted by Crippen LogP contribution is -2.61. The highest BCUT2D eigenvalue weighted by Crippen LogP contribution is 2.35.